The predicted molar refractivity (Wildman–Crippen MR) is 97.0 cm³/mol. The zero-order valence-electron chi connectivity index (χ0n) is 12.6. The highest BCUT2D eigenvalue weighted by atomic mass is 32.2. The molecule has 0 fully saturated rings. The second-order valence-corrected chi connectivity index (χ2v) is 6.61. The van der Waals surface area contributed by atoms with Gasteiger partial charge in [-0.25, -0.2) is 13.6 Å². The number of nitrogens with one attached hydrogen (secondary N) is 2. The highest BCUT2D eigenvalue weighted by Crippen LogP contribution is 2.22. The molecule has 126 valence electrons. The Morgan fingerprint density at radius 2 is 2.00 bits per heavy atom. The molecule has 0 amide bonds. The van der Waals surface area contributed by atoms with Gasteiger partial charge < -0.3 is 9.73 Å². The lowest BCUT2D eigenvalue weighted by atomic mass is 10.2. The standard InChI is InChI=1S/C15H16N4O3S2/c1-2-9-17-15(23)19-18-10-12-5-8-14(22-12)11-3-6-13(7-4-11)24(16,20)21/h2-8,10H,1,9H2,(H2,16,20,21)(H2,17,19,23)/b18-10-. The summed E-state index contributed by atoms with van der Waals surface area (Å²) in [5.74, 6) is 1.09. The summed E-state index contributed by atoms with van der Waals surface area (Å²) in [7, 11) is -3.71. The number of furan rings is 1. The number of rotatable bonds is 6. The topological polar surface area (TPSA) is 110 Å². The van der Waals surface area contributed by atoms with Crippen molar-refractivity contribution in [1.29, 1.82) is 0 Å². The SMILES string of the molecule is C=CCNC(=S)N/N=C\c1ccc(-c2ccc(S(N)(=O)=O)cc2)o1. The molecule has 2 aromatic rings. The van der Waals surface area contributed by atoms with Gasteiger partial charge in [-0.15, -0.1) is 6.58 Å². The van der Waals surface area contributed by atoms with Crippen molar-refractivity contribution in [2.75, 3.05) is 6.54 Å². The van der Waals surface area contributed by atoms with E-state index >= 15 is 0 Å². The predicted octanol–water partition coefficient (Wildman–Crippen LogP) is 1.58. The summed E-state index contributed by atoms with van der Waals surface area (Å²) in [4.78, 5) is 0.0457. The summed E-state index contributed by atoms with van der Waals surface area (Å²) in [5.41, 5.74) is 3.36. The lowest BCUT2D eigenvalue weighted by Gasteiger charge is -2.02. The number of hydrogen-bond acceptors (Lipinski definition) is 5. The van der Waals surface area contributed by atoms with E-state index < -0.39 is 10.0 Å². The van der Waals surface area contributed by atoms with E-state index in [1.54, 1.807) is 30.3 Å². The fraction of sp³-hybridized carbons (Fsp3) is 0.0667. The molecule has 0 bridgehead atoms. The second-order valence-electron chi connectivity index (χ2n) is 4.64. The largest absolute Gasteiger partial charge is 0.455 e. The summed E-state index contributed by atoms with van der Waals surface area (Å²) < 4.78 is 28.1. The van der Waals surface area contributed by atoms with Crippen LogP contribution in [0, 0.1) is 0 Å². The van der Waals surface area contributed by atoms with Gasteiger partial charge in [-0.2, -0.15) is 5.10 Å². The molecule has 1 aromatic heterocycles. The van der Waals surface area contributed by atoms with Crippen LogP contribution in [-0.2, 0) is 10.0 Å². The van der Waals surface area contributed by atoms with Gasteiger partial charge in [-0.05, 0) is 48.6 Å². The number of primary sulfonamides is 1. The molecule has 0 spiro atoms. The third-order valence-electron chi connectivity index (χ3n) is 2.86. The van der Waals surface area contributed by atoms with Gasteiger partial charge in [0.25, 0.3) is 0 Å². The van der Waals surface area contributed by atoms with Gasteiger partial charge in [-0.1, -0.05) is 6.08 Å². The Kier molecular flexibility index (Phi) is 5.85. The van der Waals surface area contributed by atoms with Gasteiger partial charge in [-0.3, -0.25) is 5.43 Å². The molecule has 0 aliphatic heterocycles. The van der Waals surface area contributed by atoms with E-state index in [0.717, 1.165) is 5.56 Å². The molecule has 0 aliphatic carbocycles. The molecule has 0 aliphatic rings. The van der Waals surface area contributed by atoms with Crippen molar-refractivity contribution in [3.63, 3.8) is 0 Å². The van der Waals surface area contributed by atoms with Crippen LogP contribution in [0.2, 0.25) is 0 Å². The smallest absolute Gasteiger partial charge is 0.238 e. The van der Waals surface area contributed by atoms with Gasteiger partial charge >= 0.3 is 0 Å². The zero-order valence-corrected chi connectivity index (χ0v) is 14.2. The first-order valence-corrected chi connectivity index (χ1v) is 8.76. The first-order valence-electron chi connectivity index (χ1n) is 6.81. The van der Waals surface area contributed by atoms with Gasteiger partial charge in [0.1, 0.15) is 11.5 Å². The molecule has 0 unspecified atom stereocenters. The van der Waals surface area contributed by atoms with E-state index in [4.69, 9.17) is 21.8 Å². The Balaban J connectivity index is 2.02. The molecule has 2 rings (SSSR count). The van der Waals surface area contributed by atoms with E-state index in [2.05, 4.69) is 22.4 Å². The number of benzene rings is 1. The summed E-state index contributed by atoms with van der Waals surface area (Å²) in [6.45, 7) is 4.11. The van der Waals surface area contributed by atoms with Crippen LogP contribution >= 0.6 is 12.2 Å². The van der Waals surface area contributed by atoms with Crippen LogP contribution in [0.5, 0.6) is 0 Å². The van der Waals surface area contributed by atoms with Crippen LogP contribution in [0.4, 0.5) is 0 Å². The average molecular weight is 364 g/mol. The maximum atomic E-state index is 11.2. The van der Waals surface area contributed by atoms with Crippen molar-refractivity contribution in [2.24, 2.45) is 10.2 Å². The van der Waals surface area contributed by atoms with Crippen molar-refractivity contribution < 1.29 is 12.8 Å². The lowest BCUT2D eigenvalue weighted by Crippen LogP contribution is -2.31. The Bertz CT molecular complexity index is 855. The summed E-state index contributed by atoms with van der Waals surface area (Å²) in [6.07, 6.45) is 3.15. The van der Waals surface area contributed by atoms with Gasteiger partial charge in [0.2, 0.25) is 10.0 Å². The number of thiocarbonyl (C=S) groups is 1. The van der Waals surface area contributed by atoms with Crippen LogP contribution in [0.3, 0.4) is 0 Å². The molecule has 0 atom stereocenters. The van der Waals surface area contributed by atoms with Crippen molar-refractivity contribution in [3.05, 3.63) is 54.8 Å². The quantitative estimate of drug-likeness (QED) is 0.311. The molecule has 0 saturated carbocycles. The molecule has 0 radical (unpaired) electrons. The average Bonchev–Trinajstić information content (AvgIpc) is 3.01. The van der Waals surface area contributed by atoms with Crippen molar-refractivity contribution in [2.45, 2.75) is 4.90 Å². The van der Waals surface area contributed by atoms with Crippen LogP contribution in [-0.4, -0.2) is 26.3 Å². The number of nitrogens with two attached hydrogens (primary N) is 1. The molecule has 9 heteroatoms. The number of hydrazone groups is 1. The van der Waals surface area contributed by atoms with Crippen molar-refractivity contribution >= 4 is 33.6 Å². The Morgan fingerprint density at radius 1 is 1.29 bits per heavy atom. The Labute approximate surface area is 145 Å². The highest BCUT2D eigenvalue weighted by molar-refractivity contribution is 7.89. The van der Waals surface area contributed by atoms with Gasteiger partial charge in [0.05, 0.1) is 11.1 Å². The van der Waals surface area contributed by atoms with Crippen LogP contribution in [0.1, 0.15) is 5.76 Å². The highest BCUT2D eigenvalue weighted by Gasteiger charge is 2.09. The summed E-state index contributed by atoms with van der Waals surface area (Å²) in [6, 6.07) is 9.56. The first-order chi connectivity index (χ1) is 11.4. The first kappa shape index (κ1) is 17.9. The fourth-order valence-electron chi connectivity index (χ4n) is 1.75. The van der Waals surface area contributed by atoms with Gasteiger partial charge in [0, 0.05) is 12.1 Å². The third-order valence-corrected chi connectivity index (χ3v) is 4.02. The lowest BCUT2D eigenvalue weighted by molar-refractivity contribution is 0.574. The van der Waals surface area contributed by atoms with E-state index in [-0.39, 0.29) is 4.90 Å². The molecular formula is C15H16N4O3S2. The zero-order chi connectivity index (χ0) is 17.6. The second kappa shape index (κ2) is 7.86. The maximum absolute atomic E-state index is 11.2. The molecule has 7 nitrogen and oxygen atoms in total. The Morgan fingerprint density at radius 3 is 2.62 bits per heavy atom. The number of nitrogens with zero attached hydrogens (tertiary/aromatic N) is 1. The Hall–Kier alpha value is -2.49. The van der Waals surface area contributed by atoms with Crippen molar-refractivity contribution in [3.8, 4) is 11.3 Å². The molecule has 1 aromatic carbocycles. The summed E-state index contributed by atoms with van der Waals surface area (Å²) >= 11 is 4.99. The van der Waals surface area contributed by atoms with E-state index in [1.807, 2.05) is 0 Å². The van der Waals surface area contributed by atoms with E-state index in [1.165, 1.54) is 18.3 Å². The monoisotopic (exact) mass is 364 g/mol. The van der Waals surface area contributed by atoms with Gasteiger partial charge in [0.15, 0.2) is 5.11 Å². The van der Waals surface area contributed by atoms with E-state index in [0.29, 0.717) is 23.2 Å². The normalized spacial score (nSPS) is 11.4. The molecule has 24 heavy (non-hydrogen) atoms. The molecular weight excluding hydrogens is 348 g/mol. The van der Waals surface area contributed by atoms with Crippen LogP contribution in [0.25, 0.3) is 11.3 Å². The third kappa shape index (κ3) is 5.01. The minimum Gasteiger partial charge on any atom is -0.455 e. The minimum absolute atomic E-state index is 0.0457. The molecule has 1 heterocycles. The van der Waals surface area contributed by atoms with Crippen LogP contribution in [0.15, 0.2) is 63.5 Å². The van der Waals surface area contributed by atoms with Crippen LogP contribution < -0.4 is 15.9 Å². The summed E-state index contributed by atoms with van der Waals surface area (Å²) in [5, 5.41) is 12.2. The number of hydrogen-bond donors (Lipinski definition) is 3. The number of sulfonamides is 1. The fourth-order valence-corrected chi connectivity index (χ4v) is 2.40. The maximum Gasteiger partial charge on any atom is 0.238 e. The van der Waals surface area contributed by atoms with E-state index in [9.17, 15) is 8.42 Å². The van der Waals surface area contributed by atoms with Crippen molar-refractivity contribution in [1.82, 2.24) is 10.7 Å². The minimum atomic E-state index is -3.71. The molecule has 0 saturated heterocycles. The molecule has 4 N–H and O–H groups in total.